The van der Waals surface area contributed by atoms with E-state index in [1.165, 1.54) is 43.2 Å². The van der Waals surface area contributed by atoms with Crippen molar-refractivity contribution < 1.29 is 13.9 Å². The van der Waals surface area contributed by atoms with Gasteiger partial charge in [-0.25, -0.2) is 9.18 Å². The highest BCUT2D eigenvalue weighted by Gasteiger charge is 2.35. The number of esters is 1. The van der Waals surface area contributed by atoms with Crippen molar-refractivity contribution in [1.29, 1.82) is 0 Å². The smallest absolute Gasteiger partial charge is 0.330 e. The Kier molecular flexibility index (Phi) is 7.01. The van der Waals surface area contributed by atoms with Crippen LogP contribution in [0.4, 0.5) is 10.1 Å². The van der Waals surface area contributed by atoms with Gasteiger partial charge in [0.1, 0.15) is 5.82 Å². The van der Waals surface area contributed by atoms with Crippen LogP contribution in [0.2, 0.25) is 0 Å². The van der Waals surface area contributed by atoms with E-state index in [-0.39, 0.29) is 17.9 Å². The predicted octanol–water partition coefficient (Wildman–Crippen LogP) is 7.31. The van der Waals surface area contributed by atoms with E-state index < -0.39 is 5.97 Å². The molecule has 3 aromatic carbocycles. The molecule has 2 heterocycles. The van der Waals surface area contributed by atoms with Gasteiger partial charge in [-0.15, -0.1) is 0 Å². The number of rotatable bonds is 7. The minimum absolute atomic E-state index is 0.149. The van der Waals surface area contributed by atoms with Crippen LogP contribution in [-0.4, -0.2) is 28.9 Å². The number of halogens is 1. The number of aryl methyl sites for hydroxylation is 1. The Morgan fingerprint density at radius 2 is 1.82 bits per heavy atom. The lowest BCUT2D eigenvalue weighted by Crippen LogP contribution is -2.43. The lowest BCUT2D eigenvalue weighted by molar-refractivity contribution is -0.134. The maximum atomic E-state index is 15.9. The van der Waals surface area contributed by atoms with Crippen LogP contribution >= 0.6 is 0 Å². The van der Waals surface area contributed by atoms with Gasteiger partial charge in [-0.05, 0) is 91.1 Å². The monoisotopic (exact) mass is 535 g/mol. The second-order valence-corrected chi connectivity index (χ2v) is 10.9. The topological polar surface area (TPSA) is 47.4 Å². The molecule has 40 heavy (non-hydrogen) atoms. The molecule has 0 N–H and O–H groups in total. The predicted molar refractivity (Wildman–Crippen MR) is 157 cm³/mol. The summed E-state index contributed by atoms with van der Waals surface area (Å²) in [7, 11) is 1.32. The zero-order valence-electron chi connectivity index (χ0n) is 23.2. The normalized spacial score (nSPS) is 18.6. The molecule has 1 aromatic heterocycles. The first-order valence-electron chi connectivity index (χ1n) is 14.0. The van der Waals surface area contributed by atoms with E-state index in [0.29, 0.717) is 17.0 Å². The third-order valence-electron chi connectivity index (χ3n) is 8.17. The van der Waals surface area contributed by atoms with Crippen molar-refractivity contribution in [3.63, 3.8) is 0 Å². The SMILES string of the molecule is CCn1cc(-c2ccc3c(c2)CC(C)N(c2ccc(C4CC4)cc2)C3c2ccc(/C=C/C(=O)OC)cc2F)cn1. The van der Waals surface area contributed by atoms with E-state index in [4.69, 9.17) is 0 Å². The summed E-state index contributed by atoms with van der Waals surface area (Å²) in [4.78, 5) is 13.9. The van der Waals surface area contributed by atoms with Crippen LogP contribution in [0.1, 0.15) is 66.5 Å². The molecule has 0 amide bonds. The highest BCUT2D eigenvalue weighted by atomic mass is 19.1. The van der Waals surface area contributed by atoms with E-state index in [1.54, 1.807) is 6.08 Å². The maximum Gasteiger partial charge on any atom is 0.330 e. The molecule has 0 bridgehead atoms. The Labute approximate surface area is 234 Å². The minimum atomic E-state index is -0.472. The quantitative estimate of drug-likeness (QED) is 0.184. The number of fused-ring (bicyclic) bond motifs is 1. The number of benzene rings is 3. The Hall–Kier alpha value is -4.19. The van der Waals surface area contributed by atoms with Gasteiger partial charge in [0.15, 0.2) is 0 Å². The van der Waals surface area contributed by atoms with Crippen molar-refractivity contribution in [3.05, 3.63) is 113 Å². The van der Waals surface area contributed by atoms with Crippen LogP contribution in [0.25, 0.3) is 17.2 Å². The van der Waals surface area contributed by atoms with Crippen LogP contribution < -0.4 is 4.90 Å². The van der Waals surface area contributed by atoms with Crippen LogP contribution in [0.5, 0.6) is 0 Å². The molecular weight excluding hydrogens is 501 g/mol. The summed E-state index contributed by atoms with van der Waals surface area (Å²) in [6.07, 6.45) is 10.2. The Bertz CT molecular complexity index is 1570. The first-order valence-corrected chi connectivity index (χ1v) is 14.0. The highest BCUT2D eigenvalue weighted by molar-refractivity contribution is 5.86. The van der Waals surface area contributed by atoms with Crippen molar-refractivity contribution in [1.82, 2.24) is 9.78 Å². The molecule has 0 spiro atoms. The highest BCUT2D eigenvalue weighted by Crippen LogP contribution is 2.45. The molecular formula is C34H34FN3O2. The molecule has 1 fully saturated rings. The van der Waals surface area contributed by atoms with Gasteiger partial charge in [-0.1, -0.05) is 42.5 Å². The number of hydrogen-bond acceptors (Lipinski definition) is 4. The molecule has 1 aliphatic carbocycles. The number of hydrogen-bond donors (Lipinski definition) is 0. The van der Waals surface area contributed by atoms with Gasteiger partial charge in [0.25, 0.3) is 0 Å². The van der Waals surface area contributed by atoms with E-state index in [9.17, 15) is 4.79 Å². The van der Waals surface area contributed by atoms with Gasteiger partial charge >= 0.3 is 5.97 Å². The van der Waals surface area contributed by atoms with Crippen LogP contribution in [0.3, 0.4) is 0 Å². The fourth-order valence-corrected chi connectivity index (χ4v) is 5.89. The van der Waals surface area contributed by atoms with E-state index in [2.05, 4.69) is 77.2 Å². The lowest BCUT2D eigenvalue weighted by Gasteiger charge is -2.44. The van der Waals surface area contributed by atoms with Gasteiger partial charge in [0.2, 0.25) is 0 Å². The molecule has 5 nitrogen and oxygen atoms in total. The van der Waals surface area contributed by atoms with E-state index >= 15 is 4.39 Å². The Balaban J connectivity index is 1.43. The van der Waals surface area contributed by atoms with Crippen molar-refractivity contribution >= 4 is 17.7 Å². The lowest BCUT2D eigenvalue weighted by atomic mass is 9.83. The fourth-order valence-electron chi connectivity index (χ4n) is 5.89. The number of ether oxygens (including phenoxy) is 1. The molecule has 6 heteroatoms. The van der Waals surface area contributed by atoms with Crippen LogP contribution in [0.15, 0.2) is 79.1 Å². The largest absolute Gasteiger partial charge is 0.466 e. The van der Waals surface area contributed by atoms with Crippen molar-refractivity contribution in [2.75, 3.05) is 12.0 Å². The van der Waals surface area contributed by atoms with Crippen LogP contribution in [0, 0.1) is 5.82 Å². The van der Waals surface area contributed by atoms with Crippen LogP contribution in [-0.2, 0) is 22.5 Å². The molecule has 6 rings (SSSR count). The molecule has 0 saturated heterocycles. The maximum absolute atomic E-state index is 15.9. The molecule has 2 unspecified atom stereocenters. The third-order valence-corrected chi connectivity index (χ3v) is 8.17. The molecule has 2 aliphatic rings. The van der Waals surface area contributed by atoms with Gasteiger partial charge in [0.05, 0.1) is 19.3 Å². The summed E-state index contributed by atoms with van der Waals surface area (Å²) < 4.78 is 22.5. The summed E-state index contributed by atoms with van der Waals surface area (Å²) in [5.74, 6) is -0.0894. The van der Waals surface area contributed by atoms with Gasteiger partial charge in [-0.3, -0.25) is 4.68 Å². The van der Waals surface area contributed by atoms with Gasteiger partial charge in [-0.2, -0.15) is 5.10 Å². The average molecular weight is 536 g/mol. The number of aromatic nitrogens is 2. The molecule has 4 aromatic rings. The summed E-state index contributed by atoms with van der Waals surface area (Å²) in [5.41, 5.74) is 8.23. The van der Waals surface area contributed by atoms with Gasteiger partial charge in [0, 0.05) is 41.7 Å². The molecule has 0 radical (unpaired) electrons. The summed E-state index contributed by atoms with van der Waals surface area (Å²) >= 11 is 0. The Morgan fingerprint density at radius 3 is 2.50 bits per heavy atom. The van der Waals surface area contributed by atoms with E-state index in [0.717, 1.165) is 35.3 Å². The summed E-state index contributed by atoms with van der Waals surface area (Å²) in [5, 5.41) is 4.45. The molecule has 204 valence electrons. The summed E-state index contributed by atoms with van der Waals surface area (Å²) in [6.45, 7) is 5.12. The number of anilines is 1. The third kappa shape index (κ3) is 5.06. The molecule has 1 saturated carbocycles. The second-order valence-electron chi connectivity index (χ2n) is 10.9. The molecule has 1 aliphatic heterocycles. The second kappa shape index (κ2) is 10.8. The standard InChI is InChI=1S/C34H34FN3O2/c1-4-37-21-28(20-36-37)26-11-15-30-27(19-26)17-22(2)38(29-12-9-25(10-13-29)24-7-8-24)34(30)31-14-5-23(18-32(31)35)6-16-33(39)40-3/h5-6,9-16,18-22,24,34H,4,7-8,17H2,1-3H3/b16-6+. The fraction of sp³-hybridized carbons (Fsp3) is 0.294. The zero-order chi connectivity index (χ0) is 27.8. The van der Waals surface area contributed by atoms with Crippen molar-refractivity contribution in [2.45, 2.75) is 57.7 Å². The minimum Gasteiger partial charge on any atom is -0.466 e. The number of nitrogens with zero attached hydrogens (tertiary/aromatic N) is 3. The number of carbonyl (C=O) groups excluding carboxylic acids is 1. The average Bonchev–Trinajstić information content (AvgIpc) is 3.71. The first kappa shape index (κ1) is 26.1. The number of carbonyl (C=O) groups is 1. The Morgan fingerprint density at radius 1 is 1.05 bits per heavy atom. The molecule has 2 atom stereocenters. The van der Waals surface area contributed by atoms with Crippen molar-refractivity contribution in [2.24, 2.45) is 0 Å². The van der Waals surface area contributed by atoms with Gasteiger partial charge < -0.3 is 9.64 Å². The zero-order valence-corrected chi connectivity index (χ0v) is 23.2. The summed E-state index contributed by atoms with van der Waals surface area (Å²) in [6, 6.07) is 20.4. The number of methoxy groups -OCH3 is 1. The van der Waals surface area contributed by atoms with Crippen molar-refractivity contribution in [3.8, 4) is 11.1 Å². The first-order chi connectivity index (χ1) is 19.4. The van der Waals surface area contributed by atoms with E-state index in [1.807, 2.05) is 23.0 Å².